The number of anilines is 3. The second kappa shape index (κ2) is 7.67. The van der Waals surface area contributed by atoms with Gasteiger partial charge in [0.1, 0.15) is 6.04 Å². The minimum absolute atomic E-state index is 0.00601. The van der Waals surface area contributed by atoms with Crippen molar-refractivity contribution < 1.29 is 9.59 Å². The quantitative estimate of drug-likeness (QED) is 0.821. The lowest BCUT2D eigenvalue weighted by Crippen LogP contribution is -2.48. The third kappa shape index (κ3) is 3.74. The summed E-state index contributed by atoms with van der Waals surface area (Å²) < 4.78 is 0. The lowest BCUT2D eigenvalue weighted by atomic mass is 10.0. The summed E-state index contributed by atoms with van der Waals surface area (Å²) in [6, 6.07) is 14.2. The Kier molecular flexibility index (Phi) is 4.85. The molecule has 2 aromatic carbocycles. The summed E-state index contributed by atoms with van der Waals surface area (Å²) in [6.07, 6.45) is 3.24. The normalized spacial score (nSPS) is 20.5. The van der Waals surface area contributed by atoms with Crippen molar-refractivity contribution in [1.29, 1.82) is 0 Å². The highest BCUT2D eigenvalue weighted by Gasteiger charge is 2.33. The topological polar surface area (TPSA) is 64.7 Å². The first-order valence-corrected chi connectivity index (χ1v) is 10.9. The molecular formula is C24H28N4O2. The summed E-state index contributed by atoms with van der Waals surface area (Å²) in [5.74, 6) is 0.798. The smallest absolute Gasteiger partial charge is 0.247 e. The molecule has 2 aromatic rings. The van der Waals surface area contributed by atoms with Gasteiger partial charge < -0.3 is 20.4 Å². The highest BCUT2D eigenvalue weighted by Crippen LogP contribution is 2.46. The summed E-state index contributed by atoms with van der Waals surface area (Å²) in [6.45, 7) is 4.70. The molecule has 30 heavy (non-hydrogen) atoms. The molecule has 0 spiro atoms. The van der Waals surface area contributed by atoms with E-state index in [-0.39, 0.29) is 17.9 Å². The van der Waals surface area contributed by atoms with E-state index in [1.165, 1.54) is 29.7 Å². The Morgan fingerprint density at radius 3 is 2.53 bits per heavy atom. The van der Waals surface area contributed by atoms with Crippen molar-refractivity contribution in [2.75, 3.05) is 41.7 Å². The summed E-state index contributed by atoms with van der Waals surface area (Å²) in [4.78, 5) is 28.6. The van der Waals surface area contributed by atoms with Gasteiger partial charge in [-0.15, -0.1) is 0 Å². The van der Waals surface area contributed by atoms with Crippen LogP contribution in [0.4, 0.5) is 17.1 Å². The van der Waals surface area contributed by atoms with Gasteiger partial charge in [-0.05, 0) is 48.1 Å². The molecule has 0 aromatic heterocycles. The maximum Gasteiger partial charge on any atom is 0.247 e. The van der Waals surface area contributed by atoms with Crippen LogP contribution >= 0.6 is 0 Å². The maximum atomic E-state index is 13.0. The number of hydrogen-bond donors (Lipinski definition) is 2. The number of amides is 2. The first-order chi connectivity index (χ1) is 14.6. The molecule has 1 aliphatic carbocycles. The Bertz CT molecular complexity index is 977. The molecule has 2 heterocycles. The molecule has 2 amide bonds. The van der Waals surface area contributed by atoms with Crippen LogP contribution in [0.3, 0.4) is 0 Å². The van der Waals surface area contributed by atoms with Crippen LogP contribution in [0, 0.1) is 0 Å². The summed E-state index contributed by atoms with van der Waals surface area (Å²) in [5, 5.41) is 6.57. The zero-order valence-corrected chi connectivity index (χ0v) is 17.4. The third-order valence-electron chi connectivity index (χ3n) is 6.46. The molecule has 2 aliphatic heterocycles. The van der Waals surface area contributed by atoms with Gasteiger partial charge in [-0.1, -0.05) is 24.3 Å². The van der Waals surface area contributed by atoms with Crippen LogP contribution in [0.1, 0.15) is 36.8 Å². The number of nitrogens with zero attached hydrogens (tertiary/aromatic N) is 2. The fourth-order valence-electron chi connectivity index (χ4n) is 4.59. The number of nitrogens with one attached hydrogen (secondary N) is 2. The highest BCUT2D eigenvalue weighted by molar-refractivity contribution is 5.98. The molecule has 6 heteroatoms. The molecule has 1 unspecified atom stereocenters. The number of hydrogen-bond acceptors (Lipinski definition) is 4. The minimum Gasteiger partial charge on any atom is -0.373 e. The first-order valence-electron chi connectivity index (χ1n) is 10.9. The number of carbonyl (C=O) groups excluding carboxylic acids is 2. The van der Waals surface area contributed by atoms with Crippen molar-refractivity contribution in [1.82, 2.24) is 4.90 Å². The van der Waals surface area contributed by atoms with E-state index in [2.05, 4.69) is 39.8 Å². The summed E-state index contributed by atoms with van der Waals surface area (Å²) >= 11 is 0. The van der Waals surface area contributed by atoms with Gasteiger partial charge in [0.2, 0.25) is 11.8 Å². The number of fused-ring (bicyclic) bond motifs is 1. The number of piperazine rings is 1. The van der Waals surface area contributed by atoms with E-state index in [1.807, 2.05) is 23.1 Å². The lowest BCUT2D eigenvalue weighted by Gasteiger charge is -2.35. The van der Waals surface area contributed by atoms with Gasteiger partial charge in [-0.25, -0.2) is 0 Å². The fourth-order valence-corrected chi connectivity index (χ4v) is 4.59. The molecule has 0 bridgehead atoms. The van der Waals surface area contributed by atoms with Crippen LogP contribution in [0.5, 0.6) is 0 Å². The van der Waals surface area contributed by atoms with E-state index in [4.69, 9.17) is 0 Å². The van der Waals surface area contributed by atoms with Gasteiger partial charge in [0.15, 0.2) is 0 Å². The fraction of sp³-hybridized carbons (Fsp3) is 0.417. The van der Waals surface area contributed by atoms with Crippen LogP contribution < -0.4 is 15.5 Å². The van der Waals surface area contributed by atoms with Gasteiger partial charge in [-0.3, -0.25) is 9.59 Å². The zero-order chi connectivity index (χ0) is 20.7. The number of benzene rings is 2. The number of para-hydroxylation sites is 1. The second-order valence-electron chi connectivity index (χ2n) is 8.59. The predicted octanol–water partition coefficient (Wildman–Crippen LogP) is 3.21. The van der Waals surface area contributed by atoms with Crippen LogP contribution in [-0.2, 0) is 16.0 Å². The van der Waals surface area contributed by atoms with Gasteiger partial charge >= 0.3 is 0 Å². The Balaban J connectivity index is 1.23. The van der Waals surface area contributed by atoms with Crippen LogP contribution in [0.2, 0.25) is 0 Å². The Morgan fingerprint density at radius 2 is 1.80 bits per heavy atom. The van der Waals surface area contributed by atoms with E-state index in [0.29, 0.717) is 5.92 Å². The molecule has 0 radical (unpaired) electrons. The zero-order valence-electron chi connectivity index (χ0n) is 17.4. The van der Waals surface area contributed by atoms with Crippen molar-refractivity contribution >= 4 is 28.9 Å². The SMILES string of the molecule is CC(=O)N1CCN(c2cccc(NC(=O)C3Cc4cccc(C5CC5)c4N3)c2)CC1. The minimum atomic E-state index is -0.234. The average molecular weight is 405 g/mol. The van der Waals surface area contributed by atoms with Gasteiger partial charge in [0.05, 0.1) is 0 Å². The van der Waals surface area contributed by atoms with Gasteiger partial charge in [-0.2, -0.15) is 0 Å². The number of rotatable bonds is 4. The summed E-state index contributed by atoms with van der Waals surface area (Å²) in [5.41, 5.74) is 5.68. The molecule has 2 N–H and O–H groups in total. The second-order valence-corrected chi connectivity index (χ2v) is 8.59. The molecule has 2 fully saturated rings. The van der Waals surface area contributed by atoms with E-state index in [9.17, 15) is 9.59 Å². The van der Waals surface area contributed by atoms with E-state index in [0.717, 1.165) is 44.0 Å². The molecule has 156 valence electrons. The van der Waals surface area contributed by atoms with Crippen molar-refractivity contribution in [2.45, 2.75) is 38.1 Å². The van der Waals surface area contributed by atoms with E-state index in [1.54, 1.807) is 6.92 Å². The van der Waals surface area contributed by atoms with Crippen molar-refractivity contribution in [2.24, 2.45) is 0 Å². The van der Waals surface area contributed by atoms with E-state index < -0.39 is 0 Å². The molecule has 5 rings (SSSR count). The Labute approximate surface area is 177 Å². The van der Waals surface area contributed by atoms with Gasteiger partial charge in [0.25, 0.3) is 0 Å². The lowest BCUT2D eigenvalue weighted by molar-refractivity contribution is -0.129. The standard InChI is InChI=1S/C24H28N4O2/c1-16(29)27-10-12-28(13-11-27)20-6-3-5-19(15-20)25-24(30)22-14-18-4-2-7-21(17-8-9-17)23(18)26-22/h2-7,15,17,22,26H,8-14H2,1H3,(H,25,30). The molecule has 6 nitrogen and oxygen atoms in total. The number of carbonyl (C=O) groups is 2. The molecule has 1 saturated heterocycles. The third-order valence-corrected chi connectivity index (χ3v) is 6.46. The van der Waals surface area contributed by atoms with Crippen LogP contribution in [-0.4, -0.2) is 48.9 Å². The first kappa shape index (κ1) is 19.0. The van der Waals surface area contributed by atoms with Crippen molar-refractivity contribution in [3.8, 4) is 0 Å². The highest BCUT2D eigenvalue weighted by atomic mass is 16.2. The Hall–Kier alpha value is -3.02. The van der Waals surface area contributed by atoms with Crippen molar-refractivity contribution in [3.05, 3.63) is 53.6 Å². The monoisotopic (exact) mass is 404 g/mol. The van der Waals surface area contributed by atoms with Crippen LogP contribution in [0.15, 0.2) is 42.5 Å². The molecular weight excluding hydrogens is 376 g/mol. The van der Waals surface area contributed by atoms with E-state index >= 15 is 0 Å². The maximum absolute atomic E-state index is 13.0. The molecule has 1 atom stereocenters. The Morgan fingerprint density at radius 1 is 1.03 bits per heavy atom. The van der Waals surface area contributed by atoms with Crippen LogP contribution in [0.25, 0.3) is 0 Å². The van der Waals surface area contributed by atoms with Crippen molar-refractivity contribution in [3.63, 3.8) is 0 Å². The predicted molar refractivity (Wildman–Crippen MR) is 119 cm³/mol. The molecule has 1 saturated carbocycles. The average Bonchev–Trinajstić information content (AvgIpc) is 3.51. The summed E-state index contributed by atoms with van der Waals surface area (Å²) in [7, 11) is 0. The van der Waals surface area contributed by atoms with Gasteiger partial charge in [0, 0.05) is 56.6 Å². The molecule has 3 aliphatic rings. The largest absolute Gasteiger partial charge is 0.373 e.